The van der Waals surface area contributed by atoms with Crippen LogP contribution >= 0.6 is 0 Å². The molecule has 5 nitrogen and oxygen atoms in total. The molecule has 86 valence electrons. The van der Waals surface area contributed by atoms with E-state index in [1.54, 1.807) is 6.92 Å². The molecule has 0 saturated heterocycles. The number of amides is 1. The molecule has 0 saturated carbocycles. The number of alkyl carbamates (subject to hydrolysis) is 1. The molecular formula is C10H17NO4. The van der Waals surface area contributed by atoms with E-state index in [0.717, 1.165) is 12.8 Å². The summed E-state index contributed by atoms with van der Waals surface area (Å²) in [6.45, 7) is 7.60. The fourth-order valence-electron chi connectivity index (χ4n) is 0.738. The second kappa shape index (κ2) is 7.84. The molecule has 0 rings (SSSR count). The van der Waals surface area contributed by atoms with Gasteiger partial charge in [0.25, 0.3) is 0 Å². The van der Waals surface area contributed by atoms with Crippen LogP contribution in [-0.4, -0.2) is 25.3 Å². The first-order valence-corrected chi connectivity index (χ1v) is 4.91. The van der Waals surface area contributed by atoms with Gasteiger partial charge in [-0.05, 0) is 13.3 Å². The van der Waals surface area contributed by atoms with Crippen molar-refractivity contribution in [3.05, 3.63) is 12.3 Å². The summed E-state index contributed by atoms with van der Waals surface area (Å²) >= 11 is 0. The largest absolute Gasteiger partial charge is 0.461 e. The van der Waals surface area contributed by atoms with Gasteiger partial charge in [0.15, 0.2) is 0 Å². The van der Waals surface area contributed by atoms with E-state index in [0.29, 0.717) is 6.61 Å². The molecule has 0 aliphatic heterocycles. The van der Waals surface area contributed by atoms with E-state index >= 15 is 0 Å². The van der Waals surface area contributed by atoms with E-state index in [9.17, 15) is 9.59 Å². The normalized spacial score (nSPS) is 9.20. The summed E-state index contributed by atoms with van der Waals surface area (Å²) in [7, 11) is 0. The molecule has 0 spiro atoms. The number of carbonyl (C=O) groups is 2. The van der Waals surface area contributed by atoms with Crippen LogP contribution < -0.4 is 5.32 Å². The Kier molecular flexibility index (Phi) is 7.05. The van der Waals surface area contributed by atoms with Crippen LogP contribution in [-0.2, 0) is 14.3 Å². The van der Waals surface area contributed by atoms with Crippen LogP contribution in [0.2, 0.25) is 0 Å². The average molecular weight is 215 g/mol. The number of carbonyl (C=O) groups excluding carboxylic acids is 2. The zero-order valence-corrected chi connectivity index (χ0v) is 9.17. The van der Waals surface area contributed by atoms with Gasteiger partial charge in [-0.15, -0.1) is 0 Å². The standard InChI is InChI=1S/C10H17NO4/c1-4-6-7-15-9(12)8(3)11-10(13)14-5-2/h3-7H2,1-2H3,(H,11,13). The second-order valence-electron chi connectivity index (χ2n) is 2.81. The number of nitrogens with one attached hydrogen (secondary N) is 1. The lowest BCUT2D eigenvalue weighted by Crippen LogP contribution is -2.28. The lowest BCUT2D eigenvalue weighted by atomic mass is 10.4. The van der Waals surface area contributed by atoms with Gasteiger partial charge in [0, 0.05) is 0 Å². The maximum Gasteiger partial charge on any atom is 0.411 e. The summed E-state index contributed by atoms with van der Waals surface area (Å²) in [5.74, 6) is -0.628. The Bertz CT molecular complexity index is 238. The van der Waals surface area contributed by atoms with Crippen molar-refractivity contribution in [1.82, 2.24) is 5.32 Å². The molecule has 0 bridgehead atoms. The van der Waals surface area contributed by atoms with Gasteiger partial charge in [-0.3, -0.25) is 5.32 Å². The van der Waals surface area contributed by atoms with Gasteiger partial charge in [-0.2, -0.15) is 0 Å². The molecule has 0 heterocycles. The molecule has 5 heteroatoms. The summed E-state index contributed by atoms with van der Waals surface area (Å²) in [4.78, 5) is 22.1. The molecule has 0 fully saturated rings. The van der Waals surface area contributed by atoms with Crippen LogP contribution in [0.1, 0.15) is 26.7 Å². The Balaban J connectivity index is 3.78. The Morgan fingerprint density at radius 1 is 1.27 bits per heavy atom. The predicted octanol–water partition coefficient (Wildman–Crippen LogP) is 1.59. The molecular weight excluding hydrogens is 198 g/mol. The number of esters is 1. The summed E-state index contributed by atoms with van der Waals surface area (Å²) < 4.78 is 9.38. The van der Waals surface area contributed by atoms with Crippen molar-refractivity contribution in [2.75, 3.05) is 13.2 Å². The molecule has 0 radical (unpaired) electrons. The number of hydrogen-bond acceptors (Lipinski definition) is 4. The summed E-state index contributed by atoms with van der Waals surface area (Å²) in [6.07, 6.45) is 1.03. The minimum atomic E-state index is -0.699. The highest BCUT2D eigenvalue weighted by Gasteiger charge is 2.11. The third-order valence-electron chi connectivity index (χ3n) is 1.51. The summed E-state index contributed by atoms with van der Waals surface area (Å²) in [5.41, 5.74) is -0.107. The van der Waals surface area contributed by atoms with Crippen LogP contribution in [0.15, 0.2) is 12.3 Å². The van der Waals surface area contributed by atoms with Gasteiger partial charge < -0.3 is 9.47 Å². The van der Waals surface area contributed by atoms with E-state index in [1.165, 1.54) is 0 Å². The number of hydrogen-bond donors (Lipinski definition) is 1. The highest BCUT2D eigenvalue weighted by molar-refractivity contribution is 5.91. The van der Waals surface area contributed by atoms with E-state index in [1.807, 2.05) is 6.92 Å². The van der Waals surface area contributed by atoms with Gasteiger partial charge in [-0.1, -0.05) is 19.9 Å². The van der Waals surface area contributed by atoms with Crippen molar-refractivity contribution >= 4 is 12.1 Å². The average Bonchev–Trinajstić information content (AvgIpc) is 2.18. The number of unbranched alkanes of at least 4 members (excludes halogenated alkanes) is 1. The fraction of sp³-hybridized carbons (Fsp3) is 0.600. The number of ether oxygens (including phenoxy) is 2. The smallest absolute Gasteiger partial charge is 0.411 e. The first-order chi connectivity index (χ1) is 7.11. The molecule has 15 heavy (non-hydrogen) atoms. The molecule has 0 aromatic carbocycles. The maximum atomic E-state index is 11.2. The Morgan fingerprint density at radius 2 is 1.93 bits per heavy atom. The van der Waals surface area contributed by atoms with Crippen molar-refractivity contribution < 1.29 is 19.1 Å². The van der Waals surface area contributed by atoms with Crippen LogP contribution in [0.3, 0.4) is 0 Å². The van der Waals surface area contributed by atoms with E-state index in [-0.39, 0.29) is 12.3 Å². The van der Waals surface area contributed by atoms with Crippen molar-refractivity contribution in [3.63, 3.8) is 0 Å². The minimum absolute atomic E-state index is 0.107. The van der Waals surface area contributed by atoms with Gasteiger partial charge in [-0.25, -0.2) is 9.59 Å². The van der Waals surface area contributed by atoms with Crippen molar-refractivity contribution in [2.24, 2.45) is 0 Å². The van der Waals surface area contributed by atoms with Gasteiger partial charge in [0.05, 0.1) is 13.2 Å². The van der Waals surface area contributed by atoms with Gasteiger partial charge in [0.1, 0.15) is 5.70 Å². The van der Waals surface area contributed by atoms with Crippen LogP contribution in [0, 0.1) is 0 Å². The van der Waals surface area contributed by atoms with Gasteiger partial charge >= 0.3 is 12.1 Å². The minimum Gasteiger partial charge on any atom is -0.461 e. The Hall–Kier alpha value is -1.52. The van der Waals surface area contributed by atoms with Crippen LogP contribution in [0.25, 0.3) is 0 Å². The van der Waals surface area contributed by atoms with Gasteiger partial charge in [0.2, 0.25) is 0 Å². The zero-order chi connectivity index (χ0) is 11.7. The van der Waals surface area contributed by atoms with Crippen LogP contribution in [0.5, 0.6) is 0 Å². The van der Waals surface area contributed by atoms with Crippen molar-refractivity contribution in [2.45, 2.75) is 26.7 Å². The highest BCUT2D eigenvalue weighted by Crippen LogP contribution is 1.94. The third kappa shape index (κ3) is 6.54. The molecule has 1 N–H and O–H groups in total. The van der Waals surface area contributed by atoms with E-state index in [4.69, 9.17) is 4.74 Å². The number of rotatable bonds is 6. The molecule has 0 aliphatic rings. The van der Waals surface area contributed by atoms with Crippen molar-refractivity contribution in [3.8, 4) is 0 Å². The second-order valence-corrected chi connectivity index (χ2v) is 2.81. The topological polar surface area (TPSA) is 64.6 Å². The highest BCUT2D eigenvalue weighted by atomic mass is 16.6. The maximum absolute atomic E-state index is 11.2. The Morgan fingerprint density at radius 3 is 2.47 bits per heavy atom. The quantitative estimate of drug-likeness (QED) is 0.415. The molecule has 0 aliphatic carbocycles. The fourth-order valence-corrected chi connectivity index (χ4v) is 0.738. The molecule has 1 amide bonds. The lowest BCUT2D eigenvalue weighted by molar-refractivity contribution is -0.139. The summed E-state index contributed by atoms with van der Waals surface area (Å²) in [6, 6.07) is 0. The summed E-state index contributed by atoms with van der Waals surface area (Å²) in [5, 5.41) is 2.18. The molecule has 0 unspecified atom stereocenters. The first-order valence-electron chi connectivity index (χ1n) is 4.91. The molecule has 0 aromatic rings. The molecule has 0 atom stereocenters. The molecule has 0 aromatic heterocycles. The van der Waals surface area contributed by atoms with E-state index in [2.05, 4.69) is 16.6 Å². The van der Waals surface area contributed by atoms with Crippen molar-refractivity contribution in [1.29, 1.82) is 0 Å². The first kappa shape index (κ1) is 13.5. The van der Waals surface area contributed by atoms with E-state index < -0.39 is 12.1 Å². The Labute approximate surface area is 89.4 Å². The van der Waals surface area contributed by atoms with Crippen LogP contribution in [0.4, 0.5) is 4.79 Å². The monoisotopic (exact) mass is 215 g/mol. The third-order valence-corrected chi connectivity index (χ3v) is 1.51. The predicted molar refractivity (Wildman–Crippen MR) is 55.2 cm³/mol. The lowest BCUT2D eigenvalue weighted by Gasteiger charge is -2.07. The SMILES string of the molecule is C=C(NC(=O)OCC)C(=O)OCCCC. The zero-order valence-electron chi connectivity index (χ0n) is 9.17.